The van der Waals surface area contributed by atoms with Gasteiger partial charge in [-0.1, -0.05) is 23.7 Å². The van der Waals surface area contributed by atoms with Gasteiger partial charge in [0.15, 0.2) is 0 Å². The monoisotopic (exact) mass is 353 g/mol. The van der Waals surface area contributed by atoms with Crippen LogP contribution in [0.2, 0.25) is 5.02 Å². The molecule has 23 heavy (non-hydrogen) atoms. The highest BCUT2D eigenvalue weighted by atomic mass is 35.5. The predicted molar refractivity (Wildman–Crippen MR) is 92.5 cm³/mol. The summed E-state index contributed by atoms with van der Waals surface area (Å²) in [5.41, 5.74) is 2.15. The fraction of sp³-hybridized carbons (Fsp3) is 0.250. The summed E-state index contributed by atoms with van der Waals surface area (Å²) in [6.07, 6.45) is 3.06. The van der Waals surface area contributed by atoms with Crippen molar-refractivity contribution in [1.82, 2.24) is 10.3 Å². The summed E-state index contributed by atoms with van der Waals surface area (Å²) in [6, 6.07) is 9.22. The SMILES string of the molecule is Cl.O=C(Nc1ccc(C2CNCCO2)cc1)c1cnccc1Cl. The van der Waals surface area contributed by atoms with Gasteiger partial charge in [-0.3, -0.25) is 9.78 Å². The summed E-state index contributed by atoms with van der Waals surface area (Å²) in [4.78, 5) is 16.1. The minimum Gasteiger partial charge on any atom is -0.371 e. The molecule has 0 bridgehead atoms. The molecule has 3 rings (SSSR count). The fourth-order valence-electron chi connectivity index (χ4n) is 2.30. The number of pyridine rings is 1. The molecule has 1 aromatic heterocycles. The zero-order chi connectivity index (χ0) is 15.4. The maximum absolute atomic E-state index is 12.2. The van der Waals surface area contributed by atoms with Crippen LogP contribution >= 0.6 is 24.0 Å². The van der Waals surface area contributed by atoms with E-state index in [1.54, 1.807) is 12.3 Å². The van der Waals surface area contributed by atoms with Crippen molar-refractivity contribution in [1.29, 1.82) is 0 Å². The lowest BCUT2D eigenvalue weighted by Crippen LogP contribution is -2.33. The van der Waals surface area contributed by atoms with Gasteiger partial charge in [0.05, 0.1) is 23.3 Å². The van der Waals surface area contributed by atoms with Crippen molar-refractivity contribution in [2.45, 2.75) is 6.10 Å². The zero-order valence-corrected chi connectivity index (χ0v) is 13.9. The Morgan fingerprint density at radius 2 is 2.09 bits per heavy atom. The van der Waals surface area contributed by atoms with E-state index in [2.05, 4.69) is 15.6 Å². The number of anilines is 1. The highest BCUT2D eigenvalue weighted by Gasteiger charge is 2.16. The Hall–Kier alpha value is -1.66. The van der Waals surface area contributed by atoms with E-state index in [0.717, 1.165) is 18.7 Å². The number of halogens is 2. The van der Waals surface area contributed by atoms with Crippen LogP contribution in [-0.2, 0) is 4.74 Å². The van der Waals surface area contributed by atoms with Crippen molar-refractivity contribution in [2.75, 3.05) is 25.0 Å². The summed E-state index contributed by atoms with van der Waals surface area (Å²) >= 11 is 5.99. The second-order valence-corrected chi connectivity index (χ2v) is 5.40. The first-order chi connectivity index (χ1) is 10.7. The fourth-order valence-corrected chi connectivity index (χ4v) is 2.49. The van der Waals surface area contributed by atoms with Gasteiger partial charge in [0, 0.05) is 31.2 Å². The van der Waals surface area contributed by atoms with E-state index >= 15 is 0 Å². The number of nitrogens with zero attached hydrogens (tertiary/aromatic N) is 1. The van der Waals surface area contributed by atoms with Gasteiger partial charge >= 0.3 is 0 Å². The second-order valence-electron chi connectivity index (χ2n) is 5.00. The molecule has 122 valence electrons. The third kappa shape index (κ3) is 4.42. The van der Waals surface area contributed by atoms with Crippen LogP contribution in [-0.4, -0.2) is 30.6 Å². The quantitative estimate of drug-likeness (QED) is 0.889. The number of nitrogens with one attached hydrogen (secondary N) is 2. The molecule has 1 atom stereocenters. The van der Waals surface area contributed by atoms with E-state index < -0.39 is 0 Å². The molecule has 1 unspecified atom stereocenters. The minimum atomic E-state index is -0.276. The van der Waals surface area contributed by atoms with Gasteiger partial charge in [-0.05, 0) is 23.8 Å². The number of amides is 1. The molecule has 1 saturated heterocycles. The highest BCUT2D eigenvalue weighted by Crippen LogP contribution is 2.21. The van der Waals surface area contributed by atoms with E-state index in [4.69, 9.17) is 16.3 Å². The molecule has 1 aromatic carbocycles. The lowest BCUT2D eigenvalue weighted by Gasteiger charge is -2.24. The largest absolute Gasteiger partial charge is 0.371 e. The van der Waals surface area contributed by atoms with Crippen LogP contribution < -0.4 is 10.6 Å². The molecule has 0 saturated carbocycles. The van der Waals surface area contributed by atoms with Crippen LogP contribution in [0.3, 0.4) is 0 Å². The maximum atomic E-state index is 12.2. The predicted octanol–water partition coefficient (Wildman–Crippen LogP) is 3.07. The number of carbonyl (C=O) groups is 1. The van der Waals surface area contributed by atoms with Crippen LogP contribution in [0.15, 0.2) is 42.7 Å². The van der Waals surface area contributed by atoms with Crippen molar-refractivity contribution >= 4 is 35.6 Å². The van der Waals surface area contributed by atoms with E-state index in [0.29, 0.717) is 22.9 Å². The molecule has 2 N–H and O–H groups in total. The van der Waals surface area contributed by atoms with Crippen LogP contribution in [0.1, 0.15) is 22.0 Å². The van der Waals surface area contributed by atoms with E-state index in [1.165, 1.54) is 6.20 Å². The van der Waals surface area contributed by atoms with Crippen LogP contribution in [0, 0.1) is 0 Å². The molecular formula is C16H17Cl2N3O2. The standard InChI is InChI=1S/C16H16ClN3O2.ClH/c17-14-5-6-18-9-13(14)16(21)20-12-3-1-11(2-4-12)15-10-19-7-8-22-15;/h1-6,9,15,19H,7-8,10H2,(H,20,21);1H. The molecule has 0 radical (unpaired) electrons. The average Bonchev–Trinajstić information content (AvgIpc) is 2.57. The van der Waals surface area contributed by atoms with Crippen molar-refractivity contribution in [3.63, 3.8) is 0 Å². The van der Waals surface area contributed by atoms with Crippen molar-refractivity contribution in [3.05, 3.63) is 58.9 Å². The number of rotatable bonds is 3. The highest BCUT2D eigenvalue weighted by molar-refractivity contribution is 6.34. The number of carbonyl (C=O) groups excluding carboxylic acids is 1. The minimum absolute atomic E-state index is 0. The van der Waals surface area contributed by atoms with Gasteiger partial charge in [0.1, 0.15) is 0 Å². The first kappa shape index (κ1) is 17.7. The molecule has 1 aliphatic heterocycles. The molecule has 0 aliphatic carbocycles. The number of hydrogen-bond donors (Lipinski definition) is 2. The topological polar surface area (TPSA) is 63.2 Å². The lowest BCUT2D eigenvalue weighted by atomic mass is 10.1. The zero-order valence-electron chi connectivity index (χ0n) is 12.3. The van der Waals surface area contributed by atoms with Crippen molar-refractivity contribution < 1.29 is 9.53 Å². The summed E-state index contributed by atoms with van der Waals surface area (Å²) in [5, 5.41) is 6.48. The van der Waals surface area contributed by atoms with E-state index in [1.807, 2.05) is 24.3 Å². The van der Waals surface area contributed by atoms with Crippen LogP contribution in [0.4, 0.5) is 5.69 Å². The number of hydrogen-bond acceptors (Lipinski definition) is 4. The summed E-state index contributed by atoms with van der Waals surface area (Å²) in [7, 11) is 0. The second kappa shape index (κ2) is 8.26. The Morgan fingerprint density at radius 3 is 2.74 bits per heavy atom. The van der Waals surface area contributed by atoms with E-state index in [9.17, 15) is 4.79 Å². The first-order valence-corrected chi connectivity index (χ1v) is 7.45. The molecule has 1 aliphatic rings. The van der Waals surface area contributed by atoms with Gasteiger partial charge in [-0.15, -0.1) is 12.4 Å². The molecule has 0 spiro atoms. The lowest BCUT2D eigenvalue weighted by molar-refractivity contribution is 0.0277. The molecule has 2 heterocycles. The molecule has 1 amide bonds. The first-order valence-electron chi connectivity index (χ1n) is 7.07. The average molecular weight is 354 g/mol. The Bertz CT molecular complexity index is 659. The Morgan fingerprint density at radius 1 is 1.30 bits per heavy atom. The third-order valence-corrected chi connectivity index (χ3v) is 3.81. The van der Waals surface area contributed by atoms with Gasteiger partial charge < -0.3 is 15.4 Å². The molecule has 5 nitrogen and oxygen atoms in total. The van der Waals surface area contributed by atoms with Gasteiger partial charge in [-0.2, -0.15) is 0 Å². The molecule has 7 heteroatoms. The van der Waals surface area contributed by atoms with Gasteiger partial charge in [0.2, 0.25) is 0 Å². The van der Waals surface area contributed by atoms with Crippen LogP contribution in [0.25, 0.3) is 0 Å². The normalized spacial score (nSPS) is 17.2. The smallest absolute Gasteiger partial charge is 0.258 e. The molecule has 2 aromatic rings. The molecular weight excluding hydrogens is 337 g/mol. The third-order valence-electron chi connectivity index (χ3n) is 3.48. The Balaban J connectivity index is 0.00000192. The van der Waals surface area contributed by atoms with Crippen LogP contribution in [0.5, 0.6) is 0 Å². The summed E-state index contributed by atoms with van der Waals surface area (Å²) in [5.74, 6) is -0.276. The van der Waals surface area contributed by atoms with Gasteiger partial charge in [-0.25, -0.2) is 0 Å². The maximum Gasteiger partial charge on any atom is 0.258 e. The Kier molecular flexibility index (Phi) is 6.36. The van der Waals surface area contributed by atoms with E-state index in [-0.39, 0.29) is 24.4 Å². The number of ether oxygens (including phenoxy) is 1. The number of aromatic nitrogens is 1. The number of benzene rings is 1. The summed E-state index contributed by atoms with van der Waals surface area (Å²) in [6.45, 7) is 2.40. The number of morpholine rings is 1. The van der Waals surface area contributed by atoms with Crippen molar-refractivity contribution in [3.8, 4) is 0 Å². The van der Waals surface area contributed by atoms with Gasteiger partial charge in [0.25, 0.3) is 5.91 Å². The van der Waals surface area contributed by atoms with Crippen molar-refractivity contribution in [2.24, 2.45) is 0 Å². The Labute approximate surface area is 145 Å². The summed E-state index contributed by atoms with van der Waals surface area (Å²) < 4.78 is 5.69. The molecule has 1 fully saturated rings.